The van der Waals surface area contributed by atoms with Crippen LogP contribution in [0.5, 0.6) is 0 Å². The molecule has 0 bridgehead atoms. The predicted molar refractivity (Wildman–Crippen MR) is 77.1 cm³/mol. The highest BCUT2D eigenvalue weighted by molar-refractivity contribution is 5.80. The van der Waals surface area contributed by atoms with E-state index in [1.165, 1.54) is 6.92 Å². The van der Waals surface area contributed by atoms with Crippen LogP contribution in [0.3, 0.4) is 0 Å². The zero-order chi connectivity index (χ0) is 15.3. The van der Waals surface area contributed by atoms with Crippen molar-refractivity contribution in [2.75, 3.05) is 13.2 Å². The number of hydrogen-bond donors (Lipinski definition) is 2. The van der Waals surface area contributed by atoms with Crippen molar-refractivity contribution in [3.63, 3.8) is 0 Å². The van der Waals surface area contributed by atoms with Crippen LogP contribution in [0.1, 0.15) is 31.7 Å². The monoisotopic (exact) mass is 291 g/mol. The summed E-state index contributed by atoms with van der Waals surface area (Å²) in [7, 11) is 0. The number of carbonyl (C=O) groups excluding carboxylic acids is 2. The molecule has 6 nitrogen and oxygen atoms in total. The average Bonchev–Trinajstić information content (AvgIpc) is 2.90. The molecule has 1 aromatic rings. The third-order valence-corrected chi connectivity index (χ3v) is 3.97. The van der Waals surface area contributed by atoms with Crippen LogP contribution in [0, 0.1) is 0 Å². The summed E-state index contributed by atoms with van der Waals surface area (Å²) in [6.07, 6.45) is 4.97. The number of pyridine rings is 1. The number of aliphatic hydroxyl groups is 1. The van der Waals surface area contributed by atoms with Crippen molar-refractivity contribution >= 4 is 11.8 Å². The van der Waals surface area contributed by atoms with Crippen LogP contribution in [0.25, 0.3) is 0 Å². The number of hydrogen-bond acceptors (Lipinski definition) is 4. The molecule has 0 saturated carbocycles. The van der Waals surface area contributed by atoms with Gasteiger partial charge in [0.15, 0.2) is 0 Å². The van der Waals surface area contributed by atoms with Crippen molar-refractivity contribution in [1.82, 2.24) is 15.2 Å². The van der Waals surface area contributed by atoms with E-state index in [0.29, 0.717) is 19.5 Å². The van der Waals surface area contributed by atoms with E-state index in [1.807, 2.05) is 12.1 Å². The highest BCUT2D eigenvalue weighted by Gasteiger charge is 2.43. The van der Waals surface area contributed by atoms with E-state index in [2.05, 4.69) is 10.3 Å². The first-order valence-electron chi connectivity index (χ1n) is 7.12. The van der Waals surface area contributed by atoms with E-state index in [1.54, 1.807) is 17.3 Å². The average molecular weight is 291 g/mol. The Balaban J connectivity index is 1.95. The Morgan fingerprint density at radius 1 is 1.52 bits per heavy atom. The van der Waals surface area contributed by atoms with Crippen LogP contribution in [0.4, 0.5) is 0 Å². The van der Waals surface area contributed by atoms with Gasteiger partial charge in [-0.2, -0.15) is 0 Å². The highest BCUT2D eigenvalue weighted by atomic mass is 16.3. The minimum atomic E-state index is -0.745. The van der Waals surface area contributed by atoms with Gasteiger partial charge in [0, 0.05) is 32.4 Å². The summed E-state index contributed by atoms with van der Waals surface area (Å²) in [5.41, 5.74) is 0.170. The fourth-order valence-corrected chi connectivity index (χ4v) is 2.90. The van der Waals surface area contributed by atoms with Gasteiger partial charge in [0.05, 0.1) is 18.6 Å². The van der Waals surface area contributed by atoms with Crippen LogP contribution >= 0.6 is 0 Å². The van der Waals surface area contributed by atoms with Crippen LogP contribution < -0.4 is 5.32 Å². The summed E-state index contributed by atoms with van der Waals surface area (Å²) in [6, 6.07) is 3.69. The van der Waals surface area contributed by atoms with Crippen molar-refractivity contribution in [2.45, 2.75) is 38.3 Å². The second-order valence-corrected chi connectivity index (χ2v) is 5.47. The number of nitrogens with one attached hydrogen (secondary N) is 1. The topological polar surface area (TPSA) is 82.5 Å². The SMILES string of the molecule is CC(=O)N1CCCC1(CO)CC(=O)NCc1cccnc1. The smallest absolute Gasteiger partial charge is 0.222 e. The van der Waals surface area contributed by atoms with Crippen molar-refractivity contribution in [2.24, 2.45) is 0 Å². The molecule has 1 unspecified atom stereocenters. The van der Waals surface area contributed by atoms with Gasteiger partial charge in [-0.1, -0.05) is 6.07 Å². The lowest BCUT2D eigenvalue weighted by atomic mass is 9.92. The first kappa shape index (κ1) is 15.4. The van der Waals surface area contributed by atoms with Crippen molar-refractivity contribution in [3.05, 3.63) is 30.1 Å². The third kappa shape index (κ3) is 3.58. The fraction of sp³-hybridized carbons (Fsp3) is 0.533. The van der Waals surface area contributed by atoms with E-state index >= 15 is 0 Å². The third-order valence-electron chi connectivity index (χ3n) is 3.97. The number of rotatable bonds is 5. The van der Waals surface area contributed by atoms with Gasteiger partial charge in [0.2, 0.25) is 11.8 Å². The van der Waals surface area contributed by atoms with E-state index in [9.17, 15) is 14.7 Å². The Kier molecular flexibility index (Phi) is 4.90. The molecule has 1 atom stereocenters. The first-order chi connectivity index (χ1) is 10.1. The van der Waals surface area contributed by atoms with Crippen LogP contribution in [-0.2, 0) is 16.1 Å². The zero-order valence-electron chi connectivity index (χ0n) is 12.2. The van der Waals surface area contributed by atoms with Gasteiger partial charge in [-0.25, -0.2) is 0 Å². The molecule has 0 spiro atoms. The molecule has 2 N–H and O–H groups in total. The van der Waals surface area contributed by atoms with E-state index < -0.39 is 5.54 Å². The fourth-order valence-electron chi connectivity index (χ4n) is 2.90. The second-order valence-electron chi connectivity index (χ2n) is 5.47. The van der Waals surface area contributed by atoms with Gasteiger partial charge in [-0.3, -0.25) is 14.6 Å². The van der Waals surface area contributed by atoms with Gasteiger partial charge in [0.25, 0.3) is 0 Å². The molecule has 2 heterocycles. The minimum Gasteiger partial charge on any atom is -0.394 e. The lowest BCUT2D eigenvalue weighted by Gasteiger charge is -2.36. The standard InChI is InChI=1S/C15H21N3O3/c1-12(20)18-7-3-5-15(18,11-19)8-14(21)17-10-13-4-2-6-16-9-13/h2,4,6,9,19H,3,5,7-8,10-11H2,1H3,(H,17,21). The molecule has 2 amide bonds. The molecule has 1 aliphatic heterocycles. The normalized spacial score (nSPS) is 21.3. The minimum absolute atomic E-state index is 0.0957. The van der Waals surface area contributed by atoms with Gasteiger partial charge in [-0.15, -0.1) is 0 Å². The van der Waals surface area contributed by atoms with Crippen LogP contribution in [0.2, 0.25) is 0 Å². The van der Waals surface area contributed by atoms with E-state index in [-0.39, 0.29) is 24.8 Å². The number of amides is 2. The summed E-state index contributed by atoms with van der Waals surface area (Å²) in [5, 5.41) is 12.5. The number of aromatic nitrogens is 1. The maximum Gasteiger partial charge on any atom is 0.222 e. The zero-order valence-corrected chi connectivity index (χ0v) is 12.2. The molecule has 0 radical (unpaired) electrons. The molecule has 1 fully saturated rings. The molecule has 1 aliphatic rings. The molecule has 6 heteroatoms. The largest absolute Gasteiger partial charge is 0.394 e. The number of carbonyl (C=O) groups is 2. The molecule has 1 aromatic heterocycles. The number of nitrogens with zero attached hydrogens (tertiary/aromatic N) is 2. The summed E-state index contributed by atoms with van der Waals surface area (Å²) in [6.45, 7) is 2.29. The molecule has 1 saturated heterocycles. The summed E-state index contributed by atoms with van der Waals surface area (Å²) in [5.74, 6) is -0.261. The highest BCUT2D eigenvalue weighted by Crippen LogP contribution is 2.32. The number of aliphatic hydroxyl groups excluding tert-OH is 1. The molecule has 0 aromatic carbocycles. The second kappa shape index (κ2) is 6.67. The Bertz CT molecular complexity index is 506. The Labute approximate surface area is 124 Å². The van der Waals surface area contributed by atoms with Gasteiger partial charge < -0.3 is 15.3 Å². The first-order valence-corrected chi connectivity index (χ1v) is 7.12. The Morgan fingerprint density at radius 2 is 2.33 bits per heavy atom. The van der Waals surface area contributed by atoms with Crippen LogP contribution in [-0.4, -0.2) is 45.5 Å². The Hall–Kier alpha value is -1.95. The van der Waals surface area contributed by atoms with E-state index in [4.69, 9.17) is 0 Å². The van der Waals surface area contributed by atoms with Gasteiger partial charge >= 0.3 is 0 Å². The van der Waals surface area contributed by atoms with Gasteiger partial charge in [-0.05, 0) is 24.5 Å². The lowest BCUT2D eigenvalue weighted by molar-refractivity contribution is -0.137. The molecular weight excluding hydrogens is 270 g/mol. The maximum atomic E-state index is 12.1. The number of likely N-dealkylation sites (tertiary alicyclic amines) is 1. The van der Waals surface area contributed by atoms with Crippen molar-refractivity contribution in [3.8, 4) is 0 Å². The quantitative estimate of drug-likeness (QED) is 0.826. The summed E-state index contributed by atoms with van der Waals surface area (Å²) < 4.78 is 0. The van der Waals surface area contributed by atoms with Gasteiger partial charge in [0.1, 0.15) is 0 Å². The Morgan fingerprint density at radius 3 is 2.95 bits per heavy atom. The molecular formula is C15H21N3O3. The molecule has 114 valence electrons. The molecule has 0 aliphatic carbocycles. The lowest BCUT2D eigenvalue weighted by Crippen LogP contribution is -2.51. The molecule has 21 heavy (non-hydrogen) atoms. The van der Waals surface area contributed by atoms with Crippen molar-refractivity contribution < 1.29 is 14.7 Å². The van der Waals surface area contributed by atoms with E-state index in [0.717, 1.165) is 12.0 Å². The maximum absolute atomic E-state index is 12.1. The summed E-state index contributed by atoms with van der Waals surface area (Å²) in [4.78, 5) is 29.4. The summed E-state index contributed by atoms with van der Waals surface area (Å²) >= 11 is 0. The van der Waals surface area contributed by atoms with Crippen molar-refractivity contribution in [1.29, 1.82) is 0 Å². The predicted octanol–water partition coefficient (Wildman–Crippen LogP) is 0.461. The van der Waals surface area contributed by atoms with Crippen LogP contribution in [0.15, 0.2) is 24.5 Å². The molecule has 2 rings (SSSR count).